The molecule has 0 bridgehead atoms. The second-order valence-electron chi connectivity index (χ2n) is 7.69. The number of H-pyrrole nitrogens is 1. The summed E-state index contributed by atoms with van der Waals surface area (Å²) < 4.78 is 0. The van der Waals surface area contributed by atoms with Crippen LogP contribution in [0.15, 0.2) is 35.1 Å². The lowest BCUT2D eigenvalue weighted by atomic mass is 10.2. The van der Waals surface area contributed by atoms with Crippen LogP contribution < -0.4 is 15.8 Å². The van der Waals surface area contributed by atoms with Crippen LogP contribution in [-0.2, 0) is 6.42 Å². The van der Waals surface area contributed by atoms with Gasteiger partial charge in [-0.15, -0.1) is 0 Å². The van der Waals surface area contributed by atoms with E-state index in [1.54, 1.807) is 6.07 Å². The molecule has 0 amide bonds. The highest BCUT2D eigenvalue weighted by molar-refractivity contribution is 5.59. The van der Waals surface area contributed by atoms with Crippen LogP contribution in [-0.4, -0.2) is 47.6 Å². The predicted octanol–water partition coefficient (Wildman–Crippen LogP) is 3.24. The van der Waals surface area contributed by atoms with Crippen molar-refractivity contribution in [2.24, 2.45) is 5.92 Å². The summed E-state index contributed by atoms with van der Waals surface area (Å²) in [4.78, 5) is 24.0. The number of anilines is 3. The van der Waals surface area contributed by atoms with E-state index in [0.29, 0.717) is 5.95 Å². The van der Waals surface area contributed by atoms with Crippen molar-refractivity contribution >= 4 is 17.3 Å². The van der Waals surface area contributed by atoms with Gasteiger partial charge in [0.1, 0.15) is 0 Å². The van der Waals surface area contributed by atoms with E-state index in [-0.39, 0.29) is 5.56 Å². The Morgan fingerprint density at radius 1 is 1.15 bits per heavy atom. The molecule has 1 aromatic heterocycles. The fraction of sp³-hybridized carbons (Fsp3) is 0.524. The summed E-state index contributed by atoms with van der Waals surface area (Å²) >= 11 is 0. The van der Waals surface area contributed by atoms with Crippen molar-refractivity contribution in [3.63, 3.8) is 0 Å². The molecule has 1 aliphatic rings. The Kier molecular flexibility index (Phi) is 6.50. The third-order valence-corrected chi connectivity index (χ3v) is 4.79. The predicted molar refractivity (Wildman–Crippen MR) is 112 cm³/mol. The highest BCUT2D eigenvalue weighted by atomic mass is 16.1. The summed E-state index contributed by atoms with van der Waals surface area (Å²) in [6, 6.07) is 9.92. The van der Waals surface area contributed by atoms with E-state index in [0.717, 1.165) is 56.3 Å². The molecule has 2 N–H and O–H groups in total. The third kappa shape index (κ3) is 5.57. The lowest BCUT2D eigenvalue weighted by Gasteiger charge is -2.36. The smallest absolute Gasteiger partial charge is 0.252 e. The van der Waals surface area contributed by atoms with Gasteiger partial charge in [0.2, 0.25) is 5.95 Å². The molecule has 6 nitrogen and oxygen atoms in total. The minimum atomic E-state index is -0.119. The van der Waals surface area contributed by atoms with Crippen molar-refractivity contribution in [1.29, 1.82) is 0 Å². The van der Waals surface area contributed by atoms with E-state index in [2.05, 4.69) is 58.0 Å². The van der Waals surface area contributed by atoms with Crippen molar-refractivity contribution in [1.82, 2.24) is 14.9 Å². The Morgan fingerprint density at radius 3 is 2.48 bits per heavy atom. The van der Waals surface area contributed by atoms with Gasteiger partial charge in [0.25, 0.3) is 5.56 Å². The number of nitrogens with zero attached hydrogens (tertiary/aromatic N) is 3. The maximum Gasteiger partial charge on any atom is 0.252 e. The molecule has 2 heterocycles. The number of rotatable bonds is 7. The Morgan fingerprint density at radius 2 is 1.85 bits per heavy atom. The maximum absolute atomic E-state index is 11.8. The van der Waals surface area contributed by atoms with Crippen LogP contribution in [0.5, 0.6) is 0 Å². The molecule has 3 rings (SSSR count). The average Bonchev–Trinajstić information content (AvgIpc) is 2.62. The molecule has 6 heteroatoms. The first-order chi connectivity index (χ1) is 13.0. The summed E-state index contributed by atoms with van der Waals surface area (Å²) in [5.41, 5.74) is 2.87. The van der Waals surface area contributed by atoms with Gasteiger partial charge in [-0.05, 0) is 36.6 Å². The minimum Gasteiger partial charge on any atom is -0.369 e. The molecule has 0 spiro atoms. The average molecular weight is 370 g/mol. The summed E-state index contributed by atoms with van der Waals surface area (Å²) in [5, 5.41) is 3.21. The Bertz CT molecular complexity index is 776. The van der Waals surface area contributed by atoms with Gasteiger partial charge in [-0.3, -0.25) is 14.7 Å². The molecule has 1 saturated heterocycles. The Labute approximate surface area is 161 Å². The second kappa shape index (κ2) is 9.04. The van der Waals surface area contributed by atoms with Crippen LogP contribution in [0.3, 0.4) is 0 Å². The molecule has 1 fully saturated rings. The molecule has 0 atom stereocenters. The molecule has 1 aliphatic heterocycles. The fourth-order valence-electron chi connectivity index (χ4n) is 3.55. The van der Waals surface area contributed by atoms with Gasteiger partial charge in [-0.1, -0.05) is 27.2 Å². The van der Waals surface area contributed by atoms with E-state index in [9.17, 15) is 4.79 Å². The fourth-order valence-corrected chi connectivity index (χ4v) is 3.55. The molecule has 27 heavy (non-hydrogen) atoms. The molecular weight excluding hydrogens is 338 g/mol. The molecule has 0 unspecified atom stereocenters. The summed E-state index contributed by atoms with van der Waals surface area (Å²) in [6.07, 6.45) is 1.77. The SMILES string of the molecule is CCCc1cc(=O)[nH]c(Nc2ccc(N3CCN(CC(C)C)CC3)cc2)n1. The number of nitrogens with one attached hydrogen (secondary N) is 2. The third-order valence-electron chi connectivity index (χ3n) is 4.79. The zero-order valence-electron chi connectivity index (χ0n) is 16.7. The van der Waals surface area contributed by atoms with Gasteiger partial charge in [0, 0.05) is 55.9 Å². The summed E-state index contributed by atoms with van der Waals surface area (Å²) in [5.74, 6) is 1.22. The Hall–Kier alpha value is -2.34. The zero-order valence-corrected chi connectivity index (χ0v) is 16.7. The van der Waals surface area contributed by atoms with E-state index >= 15 is 0 Å². The van der Waals surface area contributed by atoms with Crippen LogP contribution >= 0.6 is 0 Å². The van der Waals surface area contributed by atoms with Crippen molar-refractivity contribution in [3.8, 4) is 0 Å². The second-order valence-corrected chi connectivity index (χ2v) is 7.69. The van der Waals surface area contributed by atoms with Gasteiger partial charge < -0.3 is 10.2 Å². The van der Waals surface area contributed by atoms with Crippen molar-refractivity contribution in [2.75, 3.05) is 42.9 Å². The van der Waals surface area contributed by atoms with E-state index in [1.807, 2.05) is 12.1 Å². The minimum absolute atomic E-state index is 0.119. The number of aryl methyl sites for hydroxylation is 1. The van der Waals surface area contributed by atoms with E-state index < -0.39 is 0 Å². The van der Waals surface area contributed by atoms with Crippen molar-refractivity contribution in [3.05, 3.63) is 46.4 Å². The van der Waals surface area contributed by atoms with Gasteiger partial charge in [0.15, 0.2) is 0 Å². The first-order valence-electron chi connectivity index (χ1n) is 9.98. The van der Waals surface area contributed by atoms with Crippen LogP contribution in [0.25, 0.3) is 0 Å². The monoisotopic (exact) mass is 369 g/mol. The van der Waals surface area contributed by atoms with E-state index in [4.69, 9.17) is 0 Å². The molecule has 0 radical (unpaired) electrons. The number of aromatic nitrogens is 2. The number of aromatic amines is 1. The molecule has 1 aromatic carbocycles. The lowest BCUT2D eigenvalue weighted by Crippen LogP contribution is -2.47. The highest BCUT2D eigenvalue weighted by Crippen LogP contribution is 2.21. The molecule has 0 aliphatic carbocycles. The number of benzene rings is 1. The zero-order chi connectivity index (χ0) is 19.2. The van der Waals surface area contributed by atoms with Gasteiger partial charge in [-0.25, -0.2) is 4.98 Å². The number of piperazine rings is 1. The Balaban J connectivity index is 1.60. The maximum atomic E-state index is 11.8. The normalized spacial score (nSPS) is 15.3. The topological polar surface area (TPSA) is 64.3 Å². The number of hydrogen-bond acceptors (Lipinski definition) is 5. The van der Waals surface area contributed by atoms with Crippen LogP contribution in [0, 0.1) is 5.92 Å². The summed E-state index contributed by atoms with van der Waals surface area (Å²) in [6.45, 7) is 12.2. The lowest BCUT2D eigenvalue weighted by molar-refractivity contribution is 0.231. The molecule has 146 valence electrons. The molecule has 2 aromatic rings. The quantitative estimate of drug-likeness (QED) is 0.784. The molecular formula is C21H31N5O. The first kappa shape index (κ1) is 19.4. The highest BCUT2D eigenvalue weighted by Gasteiger charge is 2.17. The van der Waals surface area contributed by atoms with Crippen LogP contribution in [0.1, 0.15) is 32.9 Å². The standard InChI is InChI=1S/C21H31N5O/c1-4-5-18-14-20(27)24-21(23-18)22-17-6-8-19(9-7-17)26-12-10-25(11-13-26)15-16(2)3/h6-9,14,16H,4-5,10-13,15H2,1-3H3,(H2,22,23,24,27). The largest absolute Gasteiger partial charge is 0.369 e. The summed E-state index contributed by atoms with van der Waals surface area (Å²) in [7, 11) is 0. The number of hydrogen-bond donors (Lipinski definition) is 2. The van der Waals surface area contributed by atoms with Gasteiger partial charge in [0.05, 0.1) is 0 Å². The van der Waals surface area contributed by atoms with Crippen LogP contribution in [0.2, 0.25) is 0 Å². The first-order valence-corrected chi connectivity index (χ1v) is 9.98. The van der Waals surface area contributed by atoms with Crippen LogP contribution in [0.4, 0.5) is 17.3 Å². The van der Waals surface area contributed by atoms with Gasteiger partial charge in [-0.2, -0.15) is 0 Å². The van der Waals surface area contributed by atoms with Crippen molar-refractivity contribution in [2.45, 2.75) is 33.6 Å². The van der Waals surface area contributed by atoms with E-state index in [1.165, 1.54) is 12.2 Å². The molecule has 0 saturated carbocycles. The van der Waals surface area contributed by atoms with Crippen molar-refractivity contribution < 1.29 is 0 Å². The van der Waals surface area contributed by atoms with Gasteiger partial charge >= 0.3 is 0 Å².